The molecule has 0 radical (unpaired) electrons. The summed E-state index contributed by atoms with van der Waals surface area (Å²) >= 11 is 0. The summed E-state index contributed by atoms with van der Waals surface area (Å²) in [5.41, 5.74) is 7.51. The van der Waals surface area contributed by atoms with Crippen molar-refractivity contribution in [3.05, 3.63) is 58.3 Å². The number of nitro groups is 1. The van der Waals surface area contributed by atoms with Gasteiger partial charge in [0.15, 0.2) is 0 Å². The minimum Gasteiger partial charge on any atom is -0.383 e. The highest BCUT2D eigenvalue weighted by molar-refractivity contribution is 5.81. The largest absolute Gasteiger partial charge is 0.389 e. The quantitative estimate of drug-likeness (QED) is 0.578. The van der Waals surface area contributed by atoms with E-state index < -0.39 is 4.92 Å². The molecule has 0 bridgehead atoms. The molecule has 0 aliphatic carbocycles. The van der Waals surface area contributed by atoms with E-state index in [1.54, 1.807) is 6.20 Å². The van der Waals surface area contributed by atoms with Crippen LogP contribution in [0.3, 0.4) is 0 Å². The van der Waals surface area contributed by atoms with Crippen molar-refractivity contribution < 1.29 is 4.92 Å². The number of para-hydroxylation sites is 1. The van der Waals surface area contributed by atoms with Gasteiger partial charge in [-0.25, -0.2) is 4.98 Å². The van der Waals surface area contributed by atoms with E-state index in [0.717, 1.165) is 16.5 Å². The Hall–Kier alpha value is -2.96. The lowest BCUT2D eigenvalue weighted by atomic mass is 10.1. The SMILES string of the molecule is Nc1nc2ccccc2cc1Cn1ccc([N+](=O)[O-])n1. The molecule has 7 heteroatoms. The number of benzene rings is 1. The minimum atomic E-state index is -0.529. The van der Waals surface area contributed by atoms with Gasteiger partial charge in [-0.2, -0.15) is 4.68 Å². The van der Waals surface area contributed by atoms with Crippen molar-refractivity contribution in [1.82, 2.24) is 14.8 Å². The van der Waals surface area contributed by atoms with Crippen molar-refractivity contribution in [3.8, 4) is 0 Å². The van der Waals surface area contributed by atoms with Gasteiger partial charge >= 0.3 is 5.82 Å². The lowest BCUT2D eigenvalue weighted by Gasteiger charge is -2.05. The smallest absolute Gasteiger partial charge is 0.383 e. The van der Waals surface area contributed by atoms with E-state index in [1.165, 1.54) is 10.7 Å². The number of aromatic nitrogens is 3. The maximum absolute atomic E-state index is 10.6. The highest BCUT2D eigenvalue weighted by atomic mass is 16.6. The van der Waals surface area contributed by atoms with Crippen molar-refractivity contribution in [2.75, 3.05) is 5.73 Å². The number of hydrogen-bond donors (Lipinski definition) is 1. The van der Waals surface area contributed by atoms with Crippen LogP contribution >= 0.6 is 0 Å². The van der Waals surface area contributed by atoms with Gasteiger partial charge in [0.2, 0.25) is 0 Å². The van der Waals surface area contributed by atoms with E-state index in [0.29, 0.717) is 12.4 Å². The molecule has 100 valence electrons. The summed E-state index contributed by atoms with van der Waals surface area (Å²) in [6, 6.07) is 10.9. The lowest BCUT2D eigenvalue weighted by molar-refractivity contribution is -0.389. The summed E-state index contributed by atoms with van der Waals surface area (Å²) in [6.45, 7) is 0.345. The summed E-state index contributed by atoms with van der Waals surface area (Å²) in [6.07, 6.45) is 1.55. The lowest BCUT2D eigenvalue weighted by Crippen LogP contribution is -2.05. The number of anilines is 1. The molecule has 2 aromatic heterocycles. The Labute approximate surface area is 113 Å². The van der Waals surface area contributed by atoms with Crippen LogP contribution in [-0.4, -0.2) is 19.7 Å². The molecule has 2 heterocycles. The van der Waals surface area contributed by atoms with Gasteiger partial charge < -0.3 is 15.8 Å². The molecule has 0 spiro atoms. The van der Waals surface area contributed by atoms with E-state index in [-0.39, 0.29) is 5.82 Å². The van der Waals surface area contributed by atoms with Crippen LogP contribution in [0, 0.1) is 10.1 Å². The van der Waals surface area contributed by atoms with Crippen LogP contribution in [0.1, 0.15) is 5.56 Å². The van der Waals surface area contributed by atoms with Crippen LogP contribution in [0.4, 0.5) is 11.6 Å². The zero-order valence-corrected chi connectivity index (χ0v) is 10.4. The Morgan fingerprint density at radius 3 is 2.85 bits per heavy atom. The van der Waals surface area contributed by atoms with E-state index in [1.807, 2.05) is 30.3 Å². The number of nitrogens with two attached hydrogens (primary N) is 1. The standard InChI is InChI=1S/C13H11N5O2/c14-13-10(7-9-3-1-2-4-11(9)15-13)8-17-6-5-12(16-17)18(19)20/h1-7H,8H2,(H2,14,15). The normalized spacial score (nSPS) is 10.8. The molecule has 0 fully saturated rings. The third kappa shape index (κ3) is 2.16. The third-order valence-electron chi connectivity index (χ3n) is 2.98. The maximum atomic E-state index is 10.6. The first kappa shape index (κ1) is 12.1. The summed E-state index contributed by atoms with van der Waals surface area (Å²) in [5, 5.41) is 15.4. The fourth-order valence-corrected chi connectivity index (χ4v) is 2.01. The Bertz CT molecular complexity index is 796. The molecule has 0 amide bonds. The molecule has 3 rings (SSSR count). The number of fused-ring (bicyclic) bond motifs is 1. The van der Waals surface area contributed by atoms with Crippen LogP contribution in [0.15, 0.2) is 42.6 Å². The number of pyridine rings is 1. The number of nitrogen functional groups attached to an aromatic ring is 1. The van der Waals surface area contributed by atoms with Crippen molar-refractivity contribution in [3.63, 3.8) is 0 Å². The second-order valence-corrected chi connectivity index (χ2v) is 4.35. The molecule has 3 aromatic rings. The first-order valence-electron chi connectivity index (χ1n) is 5.95. The maximum Gasteiger partial charge on any atom is 0.389 e. The number of hydrogen-bond acceptors (Lipinski definition) is 5. The van der Waals surface area contributed by atoms with Crippen molar-refractivity contribution in [2.45, 2.75) is 6.54 Å². The van der Waals surface area contributed by atoms with Crippen molar-refractivity contribution in [1.29, 1.82) is 0 Å². The van der Waals surface area contributed by atoms with Crippen molar-refractivity contribution >= 4 is 22.5 Å². The van der Waals surface area contributed by atoms with Gasteiger partial charge in [-0.1, -0.05) is 18.2 Å². The average Bonchev–Trinajstić information content (AvgIpc) is 2.88. The second-order valence-electron chi connectivity index (χ2n) is 4.35. The molecule has 20 heavy (non-hydrogen) atoms. The van der Waals surface area contributed by atoms with E-state index >= 15 is 0 Å². The first-order chi connectivity index (χ1) is 9.63. The highest BCUT2D eigenvalue weighted by Crippen LogP contribution is 2.19. The number of rotatable bonds is 3. The molecule has 0 aliphatic rings. The topological polar surface area (TPSA) is 99.9 Å². The minimum absolute atomic E-state index is 0.183. The van der Waals surface area contributed by atoms with Crippen LogP contribution in [0.2, 0.25) is 0 Å². The van der Waals surface area contributed by atoms with Crippen molar-refractivity contribution in [2.24, 2.45) is 0 Å². The molecule has 0 saturated heterocycles. The molecule has 7 nitrogen and oxygen atoms in total. The second kappa shape index (κ2) is 4.61. The molecule has 0 saturated carbocycles. The van der Waals surface area contributed by atoms with Gasteiger partial charge in [0.05, 0.1) is 29.4 Å². The highest BCUT2D eigenvalue weighted by Gasteiger charge is 2.12. The molecule has 0 unspecified atom stereocenters. The third-order valence-corrected chi connectivity index (χ3v) is 2.98. The first-order valence-corrected chi connectivity index (χ1v) is 5.95. The van der Waals surface area contributed by atoms with Crippen LogP contribution < -0.4 is 5.73 Å². The summed E-state index contributed by atoms with van der Waals surface area (Å²) < 4.78 is 1.47. The molecule has 2 N–H and O–H groups in total. The zero-order valence-electron chi connectivity index (χ0n) is 10.4. The predicted molar refractivity (Wildman–Crippen MR) is 74.1 cm³/mol. The Morgan fingerprint density at radius 1 is 1.30 bits per heavy atom. The van der Waals surface area contributed by atoms with E-state index in [4.69, 9.17) is 5.73 Å². The number of nitrogens with zero attached hydrogens (tertiary/aromatic N) is 4. The van der Waals surface area contributed by atoms with Crippen LogP contribution in [-0.2, 0) is 6.54 Å². The summed E-state index contributed by atoms with van der Waals surface area (Å²) in [5.74, 6) is 0.221. The molecular formula is C13H11N5O2. The van der Waals surface area contributed by atoms with Crippen LogP contribution in [0.25, 0.3) is 10.9 Å². The van der Waals surface area contributed by atoms with Gasteiger partial charge in [0.1, 0.15) is 5.82 Å². The molecule has 0 atom stereocenters. The summed E-state index contributed by atoms with van der Waals surface area (Å²) in [7, 11) is 0. The monoisotopic (exact) mass is 269 g/mol. The fraction of sp³-hybridized carbons (Fsp3) is 0.0769. The van der Waals surface area contributed by atoms with Crippen LogP contribution in [0.5, 0.6) is 0 Å². The van der Waals surface area contributed by atoms with Gasteiger partial charge in [0.25, 0.3) is 0 Å². The summed E-state index contributed by atoms with van der Waals surface area (Å²) in [4.78, 5) is 14.4. The van der Waals surface area contributed by atoms with E-state index in [9.17, 15) is 10.1 Å². The van der Waals surface area contributed by atoms with E-state index in [2.05, 4.69) is 10.1 Å². The Balaban J connectivity index is 1.97. The Kier molecular flexibility index (Phi) is 2.79. The zero-order chi connectivity index (χ0) is 14.1. The molecule has 1 aromatic carbocycles. The predicted octanol–water partition coefficient (Wildman–Crippen LogP) is 1.97. The molecule has 0 aliphatic heterocycles. The Morgan fingerprint density at radius 2 is 2.10 bits per heavy atom. The van der Waals surface area contributed by atoms with Gasteiger partial charge in [-0.05, 0) is 17.1 Å². The van der Waals surface area contributed by atoms with Gasteiger partial charge in [0, 0.05) is 10.9 Å². The molecular weight excluding hydrogens is 258 g/mol. The van der Waals surface area contributed by atoms with Gasteiger partial charge in [-0.3, -0.25) is 0 Å². The average molecular weight is 269 g/mol. The fourth-order valence-electron chi connectivity index (χ4n) is 2.01. The van der Waals surface area contributed by atoms with Gasteiger partial charge in [-0.15, -0.1) is 0 Å².